The van der Waals surface area contributed by atoms with Gasteiger partial charge in [-0.2, -0.15) is 5.10 Å². The van der Waals surface area contributed by atoms with Crippen LogP contribution in [0.15, 0.2) is 24.7 Å². The number of hydrogen-bond acceptors (Lipinski definition) is 5. The first-order valence-corrected chi connectivity index (χ1v) is 5.60. The Balaban J connectivity index is 2.05. The summed E-state index contributed by atoms with van der Waals surface area (Å²) >= 11 is 0. The van der Waals surface area contributed by atoms with Crippen LogP contribution in [0.1, 0.15) is 13.3 Å². The molecule has 0 atom stereocenters. The van der Waals surface area contributed by atoms with Crippen LogP contribution in [0.2, 0.25) is 0 Å². The summed E-state index contributed by atoms with van der Waals surface area (Å²) in [4.78, 5) is 8.28. The van der Waals surface area contributed by atoms with Gasteiger partial charge < -0.3 is 10.6 Å². The minimum absolute atomic E-state index is 0.734. The fourth-order valence-corrected chi connectivity index (χ4v) is 1.39. The molecule has 0 amide bonds. The maximum Gasteiger partial charge on any atom is 0.153 e. The van der Waals surface area contributed by atoms with Crippen molar-refractivity contribution in [3.8, 4) is 0 Å². The van der Waals surface area contributed by atoms with E-state index in [9.17, 15) is 0 Å². The molecule has 2 heterocycles. The third-order valence-corrected chi connectivity index (χ3v) is 2.19. The second-order valence-electron chi connectivity index (χ2n) is 3.71. The van der Waals surface area contributed by atoms with E-state index in [2.05, 4.69) is 32.6 Å². The normalized spacial score (nSPS) is 10.2. The first-order chi connectivity index (χ1) is 8.28. The molecule has 6 nitrogen and oxygen atoms in total. The summed E-state index contributed by atoms with van der Waals surface area (Å²) in [5, 5.41) is 10.6. The van der Waals surface area contributed by atoms with E-state index in [4.69, 9.17) is 0 Å². The Morgan fingerprint density at radius 1 is 1.24 bits per heavy atom. The minimum atomic E-state index is 0.734. The Bertz CT molecular complexity index is 478. The quantitative estimate of drug-likeness (QED) is 0.822. The van der Waals surface area contributed by atoms with Crippen molar-refractivity contribution in [1.82, 2.24) is 19.7 Å². The molecule has 90 valence electrons. The Kier molecular flexibility index (Phi) is 3.54. The Labute approximate surface area is 100 Å². The van der Waals surface area contributed by atoms with Crippen LogP contribution in [0.4, 0.5) is 17.5 Å². The molecular formula is C11H16N6. The van der Waals surface area contributed by atoms with E-state index in [0.29, 0.717) is 0 Å². The van der Waals surface area contributed by atoms with Crippen molar-refractivity contribution < 1.29 is 0 Å². The molecule has 0 spiro atoms. The SMILES string of the molecule is CCCNc1cc(Nc2ccn(C)n2)ncn1. The molecule has 2 N–H and O–H groups in total. The van der Waals surface area contributed by atoms with Gasteiger partial charge >= 0.3 is 0 Å². The molecule has 0 saturated heterocycles. The molecule has 0 fully saturated rings. The Morgan fingerprint density at radius 3 is 2.76 bits per heavy atom. The third kappa shape index (κ3) is 3.17. The van der Waals surface area contributed by atoms with Crippen LogP contribution in [-0.4, -0.2) is 26.3 Å². The second-order valence-corrected chi connectivity index (χ2v) is 3.71. The Hall–Kier alpha value is -2.11. The molecule has 2 rings (SSSR count). The predicted molar refractivity (Wildman–Crippen MR) is 67.3 cm³/mol. The zero-order valence-corrected chi connectivity index (χ0v) is 10.0. The fourth-order valence-electron chi connectivity index (χ4n) is 1.39. The lowest BCUT2D eigenvalue weighted by atomic mass is 10.4. The number of nitrogens with one attached hydrogen (secondary N) is 2. The molecule has 0 unspecified atom stereocenters. The number of aryl methyl sites for hydroxylation is 1. The highest BCUT2D eigenvalue weighted by Gasteiger charge is 2.00. The van der Waals surface area contributed by atoms with Crippen LogP contribution in [0.5, 0.6) is 0 Å². The molecule has 0 aliphatic carbocycles. The standard InChI is InChI=1S/C11H16N6/c1-3-5-12-10-7-11(14-8-13-10)15-9-4-6-17(2)16-9/h4,6-8H,3,5H2,1-2H3,(H2,12,13,14,15,16). The molecule has 2 aromatic heterocycles. The number of aromatic nitrogens is 4. The van der Waals surface area contributed by atoms with Crippen molar-refractivity contribution in [3.63, 3.8) is 0 Å². The van der Waals surface area contributed by atoms with Crippen LogP contribution < -0.4 is 10.6 Å². The smallest absolute Gasteiger partial charge is 0.153 e. The lowest BCUT2D eigenvalue weighted by molar-refractivity contribution is 0.771. The molecule has 2 aromatic rings. The van der Waals surface area contributed by atoms with Gasteiger partial charge in [0.2, 0.25) is 0 Å². The number of hydrogen-bond donors (Lipinski definition) is 2. The van der Waals surface area contributed by atoms with Crippen molar-refractivity contribution in [2.45, 2.75) is 13.3 Å². The van der Waals surface area contributed by atoms with Gasteiger partial charge in [-0.15, -0.1) is 0 Å². The Morgan fingerprint density at radius 2 is 2.06 bits per heavy atom. The number of nitrogens with zero attached hydrogens (tertiary/aromatic N) is 4. The van der Waals surface area contributed by atoms with Gasteiger partial charge in [0.05, 0.1) is 0 Å². The van der Waals surface area contributed by atoms with Gasteiger partial charge in [-0.05, 0) is 6.42 Å². The molecule has 6 heteroatoms. The molecule has 0 saturated carbocycles. The van der Waals surface area contributed by atoms with Crippen LogP contribution in [0.3, 0.4) is 0 Å². The molecule has 17 heavy (non-hydrogen) atoms. The summed E-state index contributed by atoms with van der Waals surface area (Å²) < 4.78 is 1.74. The zero-order valence-electron chi connectivity index (χ0n) is 10.0. The molecule has 0 aliphatic rings. The molecule has 0 aliphatic heterocycles. The van der Waals surface area contributed by atoms with Crippen molar-refractivity contribution in [3.05, 3.63) is 24.7 Å². The van der Waals surface area contributed by atoms with E-state index in [1.807, 2.05) is 25.4 Å². The van der Waals surface area contributed by atoms with Gasteiger partial charge in [-0.25, -0.2) is 9.97 Å². The van der Waals surface area contributed by atoms with Gasteiger partial charge in [-0.3, -0.25) is 4.68 Å². The molecule has 0 radical (unpaired) electrons. The van der Waals surface area contributed by atoms with Crippen LogP contribution in [-0.2, 0) is 7.05 Å². The van der Waals surface area contributed by atoms with Gasteiger partial charge in [0, 0.05) is 31.9 Å². The number of anilines is 3. The van der Waals surface area contributed by atoms with Crippen molar-refractivity contribution in [1.29, 1.82) is 0 Å². The van der Waals surface area contributed by atoms with E-state index in [0.717, 1.165) is 30.4 Å². The van der Waals surface area contributed by atoms with Crippen LogP contribution in [0, 0.1) is 0 Å². The van der Waals surface area contributed by atoms with Gasteiger partial charge in [0.15, 0.2) is 5.82 Å². The third-order valence-electron chi connectivity index (χ3n) is 2.19. The largest absolute Gasteiger partial charge is 0.370 e. The van der Waals surface area contributed by atoms with E-state index in [1.165, 1.54) is 6.33 Å². The highest BCUT2D eigenvalue weighted by molar-refractivity contribution is 5.55. The van der Waals surface area contributed by atoms with Gasteiger partial charge in [-0.1, -0.05) is 6.92 Å². The highest BCUT2D eigenvalue weighted by Crippen LogP contribution is 2.13. The monoisotopic (exact) mass is 232 g/mol. The summed E-state index contributed by atoms with van der Waals surface area (Å²) in [6.07, 6.45) is 4.47. The van der Waals surface area contributed by atoms with Gasteiger partial charge in [0.25, 0.3) is 0 Å². The fraction of sp³-hybridized carbons (Fsp3) is 0.364. The highest BCUT2D eigenvalue weighted by atomic mass is 15.3. The summed E-state index contributed by atoms with van der Waals surface area (Å²) in [5.41, 5.74) is 0. The summed E-state index contributed by atoms with van der Waals surface area (Å²) in [5.74, 6) is 2.32. The van der Waals surface area contributed by atoms with E-state index >= 15 is 0 Å². The maximum atomic E-state index is 4.22. The van der Waals surface area contributed by atoms with Crippen molar-refractivity contribution in [2.24, 2.45) is 7.05 Å². The molecule has 0 bridgehead atoms. The first kappa shape index (κ1) is 11.4. The molecular weight excluding hydrogens is 216 g/mol. The summed E-state index contributed by atoms with van der Waals surface area (Å²) in [7, 11) is 1.87. The maximum absolute atomic E-state index is 4.22. The predicted octanol–water partition coefficient (Wildman–Crippen LogP) is 1.78. The zero-order chi connectivity index (χ0) is 12.1. The topological polar surface area (TPSA) is 67.7 Å². The second kappa shape index (κ2) is 5.29. The van der Waals surface area contributed by atoms with Crippen molar-refractivity contribution >= 4 is 17.5 Å². The van der Waals surface area contributed by atoms with E-state index in [1.54, 1.807) is 4.68 Å². The first-order valence-electron chi connectivity index (χ1n) is 5.60. The average Bonchev–Trinajstić information content (AvgIpc) is 2.73. The molecule has 0 aromatic carbocycles. The van der Waals surface area contributed by atoms with Crippen molar-refractivity contribution in [2.75, 3.05) is 17.2 Å². The average molecular weight is 232 g/mol. The lowest BCUT2D eigenvalue weighted by Crippen LogP contribution is -2.03. The van der Waals surface area contributed by atoms with E-state index in [-0.39, 0.29) is 0 Å². The number of rotatable bonds is 5. The van der Waals surface area contributed by atoms with Crippen LogP contribution in [0.25, 0.3) is 0 Å². The minimum Gasteiger partial charge on any atom is -0.370 e. The van der Waals surface area contributed by atoms with Gasteiger partial charge in [0.1, 0.15) is 18.0 Å². The lowest BCUT2D eigenvalue weighted by Gasteiger charge is -2.05. The summed E-state index contributed by atoms with van der Waals surface area (Å²) in [6.45, 7) is 3.02. The van der Waals surface area contributed by atoms with E-state index < -0.39 is 0 Å². The van der Waals surface area contributed by atoms with Crippen LogP contribution >= 0.6 is 0 Å². The summed E-state index contributed by atoms with van der Waals surface area (Å²) in [6, 6.07) is 3.76.